The lowest BCUT2D eigenvalue weighted by Crippen LogP contribution is -2.13. The van der Waals surface area contributed by atoms with Crippen molar-refractivity contribution in [2.45, 2.75) is 366 Å². The molecule has 0 aliphatic heterocycles. The normalized spacial score (nSPS) is 17.4. The number of hydrogen-bond acceptors (Lipinski definition) is 4. The molecule has 4 aliphatic carbocycles. The maximum atomic E-state index is 5.52. The quantitative estimate of drug-likeness (QED) is 0.0367. The third kappa shape index (κ3) is 41.8. The van der Waals surface area contributed by atoms with Gasteiger partial charge in [0.05, 0.1) is 26.4 Å². The third-order valence-electron chi connectivity index (χ3n) is 29.7. The van der Waals surface area contributed by atoms with Crippen LogP contribution in [0.1, 0.15) is 379 Å². The lowest BCUT2D eigenvalue weighted by atomic mass is 9.77. The van der Waals surface area contributed by atoms with Gasteiger partial charge in [0, 0.05) is 0 Å². The van der Waals surface area contributed by atoms with Crippen LogP contribution in [0, 0.1) is 51.4 Å². The predicted octanol–water partition coefficient (Wildman–Crippen LogP) is 40.7. The van der Waals surface area contributed by atoms with Crippen molar-refractivity contribution < 1.29 is 18.9 Å². The Morgan fingerprint density at radius 2 is 0.414 bits per heavy atom. The van der Waals surface area contributed by atoms with E-state index in [0.717, 1.165) is 103 Å². The van der Waals surface area contributed by atoms with Crippen LogP contribution in [0.2, 0.25) is 0 Å². The highest BCUT2D eigenvalue weighted by molar-refractivity contribution is 5.67. The molecule has 4 aliphatic rings. The van der Waals surface area contributed by atoms with Crippen LogP contribution in [0.25, 0.3) is 44.5 Å². The van der Waals surface area contributed by atoms with Crippen molar-refractivity contribution in [2.24, 2.45) is 23.7 Å². The van der Waals surface area contributed by atoms with Gasteiger partial charge >= 0.3 is 0 Å². The van der Waals surface area contributed by atoms with Gasteiger partial charge in [-0.3, -0.25) is 0 Å². The summed E-state index contributed by atoms with van der Waals surface area (Å²) in [7, 11) is 0. The van der Waals surface area contributed by atoms with Gasteiger partial charge in [-0.05, 0) is 382 Å². The number of rotatable bonds is 36. The number of unbranched alkanes of at least 4 members (excludes halogenated alkanes) is 6. The van der Waals surface area contributed by atoms with Gasteiger partial charge in [-0.1, -0.05) is 410 Å². The average molecular weight is 1880 g/mol. The molecule has 140 heavy (non-hydrogen) atoms. The van der Waals surface area contributed by atoms with Crippen LogP contribution >= 0.6 is 0 Å². The van der Waals surface area contributed by atoms with Crippen molar-refractivity contribution in [3.05, 3.63) is 358 Å². The number of ether oxygens (including phenoxy) is 4. The molecule has 0 spiro atoms. The summed E-state index contributed by atoms with van der Waals surface area (Å²) >= 11 is 0. The zero-order valence-electron chi connectivity index (χ0n) is 90.2. The summed E-state index contributed by atoms with van der Waals surface area (Å²) in [6.07, 6.45) is 48.8. The van der Waals surface area contributed by atoms with Gasteiger partial charge in [-0.15, -0.1) is 0 Å². The van der Waals surface area contributed by atoms with Crippen LogP contribution in [0.15, 0.2) is 291 Å². The van der Waals surface area contributed by atoms with Gasteiger partial charge in [0.2, 0.25) is 0 Å². The maximum Gasteiger partial charge on any atom is 0.119 e. The molecule has 4 fully saturated rings. The summed E-state index contributed by atoms with van der Waals surface area (Å²) in [6.45, 7) is 37.7. The van der Waals surface area contributed by atoms with Crippen molar-refractivity contribution in [3.8, 4) is 67.5 Å². The van der Waals surface area contributed by atoms with Crippen LogP contribution in [-0.4, -0.2) is 26.4 Å². The first-order valence-corrected chi connectivity index (χ1v) is 56.0. The monoisotopic (exact) mass is 1880 g/mol. The molecule has 0 N–H and O–H groups in total. The third-order valence-corrected chi connectivity index (χ3v) is 29.7. The molecule has 0 unspecified atom stereocenters. The van der Waals surface area contributed by atoms with E-state index in [1.807, 2.05) is 27.7 Å². The maximum absolute atomic E-state index is 5.52. The Hall–Kier alpha value is -10.2. The summed E-state index contributed by atoms with van der Waals surface area (Å²) in [6, 6.07) is 106. The molecule has 0 amide bonds. The lowest BCUT2D eigenvalue weighted by Gasteiger charge is -2.29. The van der Waals surface area contributed by atoms with Crippen LogP contribution in [0.4, 0.5) is 0 Å². The number of aryl methyl sites for hydroxylation is 8. The number of hydrogen-bond donors (Lipinski definition) is 0. The molecule has 0 heterocycles. The second kappa shape index (κ2) is 66.6. The highest BCUT2D eigenvalue weighted by Crippen LogP contribution is 2.43. The summed E-state index contributed by atoms with van der Waals surface area (Å²) in [5, 5.41) is 0. The Balaban J connectivity index is 0.000000179. The smallest absolute Gasteiger partial charge is 0.119 e. The van der Waals surface area contributed by atoms with E-state index >= 15 is 0 Å². The molecule has 752 valence electrons. The summed E-state index contributed by atoms with van der Waals surface area (Å²) in [4.78, 5) is 0. The fourth-order valence-electron chi connectivity index (χ4n) is 20.6. The molecule has 4 nitrogen and oxygen atoms in total. The topological polar surface area (TPSA) is 36.9 Å². The van der Waals surface area contributed by atoms with E-state index in [4.69, 9.17) is 18.9 Å². The second-order valence-corrected chi connectivity index (χ2v) is 40.6. The average Bonchev–Trinajstić information content (AvgIpc) is 0.905. The van der Waals surface area contributed by atoms with Crippen molar-refractivity contribution in [1.82, 2.24) is 0 Å². The molecule has 4 heteroatoms. The van der Waals surface area contributed by atoms with Crippen molar-refractivity contribution in [1.29, 1.82) is 0 Å². The molecule has 0 saturated heterocycles. The zero-order valence-corrected chi connectivity index (χ0v) is 90.2. The van der Waals surface area contributed by atoms with Gasteiger partial charge in [-0.2, -0.15) is 0 Å². The highest BCUT2D eigenvalue weighted by Gasteiger charge is 2.26. The standard InChI is InChI=1S/C19H30O.C18H28O.C18H22.C17H26O.C17H20.C16H24O.C16H18.C15H16/c1-3-5-6-7-16-8-10-17(11-9-16)18-12-14-19(15-13-18)20-4-2;1-3-5-6-15-7-9-16(10-8-15)17-11-13-18(14-12-17)19-4-2;1-3-4-5-6-16-9-13-18(14-10-16)17-11-7-15(2)8-12-17;1-3-5-14-6-8-15(9-7-14)16-10-12-17(13-11-16)18-4-2;1-3-4-5-15-8-12-17(13-9-15)16-10-6-14(2)7-11-16;1-3-13-5-7-14(8-6-13)15-9-11-16(12-10-15)17-4-2;1-3-4-14-7-11-16(12-8-14)15-9-5-13(2)6-10-15;1-3-13-6-10-15(11-7-13)14-8-4-12(2)5-9-14/h12-17H,3-11H2,1-2H3;11-16H,3-10H2,1-2H3;7-14H,3-6H2,1-2H3;10-15H,3-9H2,1-2H3;6-13H,3-5H2,1-2H3;9-14H,3-8H2,1-2H3;5-12H,3-4H2,1-2H3;4-11H,3H2,1-2H3. The van der Waals surface area contributed by atoms with Gasteiger partial charge in [0.25, 0.3) is 0 Å². The Kier molecular flexibility index (Phi) is 53.9. The molecule has 12 aromatic rings. The molecule has 12 aromatic carbocycles. The molecule has 0 aromatic heterocycles. The SMILES string of the molecule is CCCC1CCC(c2ccc(OCC)cc2)CC1.CCCCC1CCC(c2ccc(OCC)cc2)CC1.CCCCCC1CCC(c2ccc(OCC)cc2)CC1.CCCCCc1ccc(-c2ccc(C)cc2)cc1.CCCCc1ccc(-c2ccc(C)cc2)cc1.CCCc1ccc(-c2ccc(C)cc2)cc1.CCOc1ccc(C2CCC(CC)CC2)cc1.CCc1ccc(-c2ccc(C)cc2)cc1. The molecule has 0 radical (unpaired) electrons. The Labute approximate surface area is 854 Å². The minimum atomic E-state index is 0.751. The largest absolute Gasteiger partial charge is 0.494 e. The number of benzene rings is 12. The predicted molar refractivity (Wildman–Crippen MR) is 610 cm³/mol. The van der Waals surface area contributed by atoms with E-state index in [1.54, 1.807) is 0 Å². The van der Waals surface area contributed by atoms with Crippen molar-refractivity contribution in [3.63, 3.8) is 0 Å². The van der Waals surface area contributed by atoms with E-state index in [1.165, 1.54) is 336 Å². The van der Waals surface area contributed by atoms with Crippen LogP contribution in [0.5, 0.6) is 23.0 Å². The molecule has 0 atom stereocenters. The first-order chi connectivity index (χ1) is 68.5. The first-order valence-electron chi connectivity index (χ1n) is 56.0. The zero-order chi connectivity index (χ0) is 99.5. The lowest BCUT2D eigenvalue weighted by molar-refractivity contribution is 0.302. The fraction of sp³-hybridized carbons (Fsp3) is 0.471. The van der Waals surface area contributed by atoms with Crippen LogP contribution in [0.3, 0.4) is 0 Å². The minimum Gasteiger partial charge on any atom is -0.494 e. The molecule has 0 bridgehead atoms. The second-order valence-electron chi connectivity index (χ2n) is 40.6. The fourth-order valence-corrected chi connectivity index (χ4v) is 20.6. The van der Waals surface area contributed by atoms with E-state index in [2.05, 4.69) is 374 Å². The van der Waals surface area contributed by atoms with Crippen LogP contribution < -0.4 is 18.9 Å². The molecule has 16 rings (SSSR count). The summed E-state index contributed by atoms with van der Waals surface area (Å²) in [5.74, 6) is 11.1. The van der Waals surface area contributed by atoms with E-state index in [0.29, 0.717) is 0 Å². The molecule has 4 saturated carbocycles. The van der Waals surface area contributed by atoms with Gasteiger partial charge in [-0.25, -0.2) is 0 Å². The van der Waals surface area contributed by atoms with E-state index in [-0.39, 0.29) is 0 Å². The van der Waals surface area contributed by atoms with E-state index in [9.17, 15) is 0 Å². The van der Waals surface area contributed by atoms with Gasteiger partial charge < -0.3 is 18.9 Å². The van der Waals surface area contributed by atoms with Gasteiger partial charge in [0.15, 0.2) is 0 Å². The summed E-state index contributed by atoms with van der Waals surface area (Å²) < 4.78 is 22.0. The Morgan fingerprint density at radius 3 is 0.657 bits per heavy atom. The molecular formula is C136H184O4. The van der Waals surface area contributed by atoms with Gasteiger partial charge in [0.1, 0.15) is 23.0 Å². The Morgan fingerprint density at radius 1 is 0.186 bits per heavy atom. The van der Waals surface area contributed by atoms with E-state index < -0.39 is 0 Å². The first kappa shape index (κ1) is 113. The summed E-state index contributed by atoms with van der Waals surface area (Å²) in [5.41, 5.74) is 27.4. The van der Waals surface area contributed by atoms with Crippen molar-refractivity contribution in [2.75, 3.05) is 26.4 Å². The minimum absolute atomic E-state index is 0.751. The molecular weight excluding hydrogens is 1700 g/mol. The van der Waals surface area contributed by atoms with Crippen molar-refractivity contribution >= 4 is 0 Å². The Bertz CT molecular complexity index is 5100. The highest BCUT2D eigenvalue weighted by atomic mass is 16.5. The van der Waals surface area contributed by atoms with Crippen LogP contribution in [-0.2, 0) is 25.7 Å².